The third-order valence-electron chi connectivity index (χ3n) is 5.95. The molecule has 0 unspecified atom stereocenters. The molecule has 1 fully saturated rings. The third-order valence-corrected chi connectivity index (χ3v) is 8.90. The van der Waals surface area contributed by atoms with Gasteiger partial charge >= 0.3 is 11.9 Å². The molecular formula is C25H27N3O7S2. The maximum absolute atomic E-state index is 13.0. The number of sulfonamides is 1. The summed E-state index contributed by atoms with van der Waals surface area (Å²) in [6, 6.07) is 10.5. The summed E-state index contributed by atoms with van der Waals surface area (Å²) >= 11 is 1.13. The molecule has 0 bridgehead atoms. The van der Waals surface area contributed by atoms with Gasteiger partial charge < -0.3 is 14.0 Å². The normalized spacial score (nSPS) is 15.0. The van der Waals surface area contributed by atoms with Crippen molar-refractivity contribution in [2.24, 2.45) is 4.99 Å². The number of esters is 2. The minimum absolute atomic E-state index is 0.125. The van der Waals surface area contributed by atoms with E-state index in [1.165, 1.54) is 35.7 Å². The standard InChI is InChI=1S/C25H27N3O7S2/c1-3-35-22(29)16-28-20-12-9-18(24(31)34-2)15-21(20)36-25(28)26-23(30)17-7-10-19(11-8-17)37(32,33)27-13-5-4-6-14-27/h7-12,15H,3-6,13-14,16H2,1-2H3. The molecule has 1 aliphatic heterocycles. The molecule has 1 amide bonds. The van der Waals surface area contributed by atoms with Gasteiger partial charge in [-0.1, -0.05) is 17.8 Å². The fourth-order valence-corrected chi connectivity index (χ4v) is 6.65. The van der Waals surface area contributed by atoms with Crippen LogP contribution < -0.4 is 4.80 Å². The van der Waals surface area contributed by atoms with E-state index in [2.05, 4.69) is 4.99 Å². The molecule has 2 aromatic carbocycles. The Kier molecular flexibility index (Phi) is 8.20. The molecule has 2 heterocycles. The van der Waals surface area contributed by atoms with E-state index < -0.39 is 27.9 Å². The SMILES string of the molecule is CCOC(=O)Cn1c(=NC(=O)c2ccc(S(=O)(=O)N3CCCCC3)cc2)sc2cc(C(=O)OC)ccc21. The highest BCUT2D eigenvalue weighted by Crippen LogP contribution is 2.22. The monoisotopic (exact) mass is 545 g/mol. The second-order valence-corrected chi connectivity index (χ2v) is 11.3. The zero-order chi connectivity index (χ0) is 26.6. The molecule has 0 aliphatic carbocycles. The maximum Gasteiger partial charge on any atom is 0.337 e. The first kappa shape index (κ1) is 26.7. The minimum Gasteiger partial charge on any atom is -0.465 e. The number of thiazole rings is 1. The van der Waals surface area contributed by atoms with Crippen LogP contribution >= 0.6 is 11.3 Å². The Morgan fingerprint density at radius 1 is 1.00 bits per heavy atom. The second kappa shape index (κ2) is 11.4. The topological polar surface area (TPSA) is 124 Å². The van der Waals surface area contributed by atoms with E-state index in [1.54, 1.807) is 29.7 Å². The molecule has 37 heavy (non-hydrogen) atoms. The van der Waals surface area contributed by atoms with Crippen LogP contribution in [0.15, 0.2) is 52.4 Å². The van der Waals surface area contributed by atoms with Gasteiger partial charge in [-0.15, -0.1) is 0 Å². The second-order valence-electron chi connectivity index (χ2n) is 8.36. The smallest absolute Gasteiger partial charge is 0.337 e. The zero-order valence-electron chi connectivity index (χ0n) is 20.5. The van der Waals surface area contributed by atoms with Crippen LogP contribution in [0.2, 0.25) is 0 Å². The van der Waals surface area contributed by atoms with E-state index in [-0.39, 0.29) is 28.4 Å². The predicted molar refractivity (Wildman–Crippen MR) is 137 cm³/mol. The fourth-order valence-electron chi connectivity index (χ4n) is 4.07. The van der Waals surface area contributed by atoms with E-state index >= 15 is 0 Å². The van der Waals surface area contributed by atoms with Crippen molar-refractivity contribution in [2.75, 3.05) is 26.8 Å². The average Bonchev–Trinajstić information content (AvgIpc) is 3.24. The zero-order valence-corrected chi connectivity index (χ0v) is 22.1. The number of ether oxygens (including phenoxy) is 2. The number of benzene rings is 2. The molecule has 4 rings (SSSR count). The van der Waals surface area contributed by atoms with Crippen LogP contribution in [0.3, 0.4) is 0 Å². The Hall–Kier alpha value is -3.35. The summed E-state index contributed by atoms with van der Waals surface area (Å²) in [6.45, 7) is 2.70. The Labute approximate surface area is 218 Å². The highest BCUT2D eigenvalue weighted by atomic mass is 32.2. The van der Waals surface area contributed by atoms with Gasteiger partial charge in [-0.3, -0.25) is 9.59 Å². The van der Waals surface area contributed by atoms with Crippen molar-refractivity contribution in [1.82, 2.24) is 8.87 Å². The average molecular weight is 546 g/mol. The summed E-state index contributed by atoms with van der Waals surface area (Å²) in [5.41, 5.74) is 1.12. The summed E-state index contributed by atoms with van der Waals surface area (Å²) < 4.78 is 39.3. The largest absolute Gasteiger partial charge is 0.465 e. The van der Waals surface area contributed by atoms with Crippen molar-refractivity contribution < 1.29 is 32.3 Å². The van der Waals surface area contributed by atoms with Crippen LogP contribution in [0, 0.1) is 0 Å². The van der Waals surface area contributed by atoms with E-state index in [0.717, 1.165) is 30.6 Å². The first-order valence-corrected chi connectivity index (χ1v) is 14.1. The third kappa shape index (κ3) is 5.81. The quantitative estimate of drug-likeness (QED) is 0.418. The molecular weight excluding hydrogens is 518 g/mol. The van der Waals surface area contributed by atoms with Crippen molar-refractivity contribution in [1.29, 1.82) is 0 Å². The number of aromatic nitrogens is 1. The fraction of sp³-hybridized carbons (Fsp3) is 0.360. The summed E-state index contributed by atoms with van der Waals surface area (Å²) in [5.74, 6) is -1.61. The van der Waals surface area contributed by atoms with Crippen molar-refractivity contribution in [2.45, 2.75) is 37.6 Å². The lowest BCUT2D eigenvalue weighted by molar-refractivity contribution is -0.143. The van der Waals surface area contributed by atoms with Crippen LogP contribution in [-0.4, -0.2) is 61.9 Å². The van der Waals surface area contributed by atoms with E-state index in [9.17, 15) is 22.8 Å². The van der Waals surface area contributed by atoms with Crippen LogP contribution in [-0.2, 0) is 30.8 Å². The van der Waals surface area contributed by atoms with Crippen LogP contribution in [0.1, 0.15) is 46.9 Å². The number of nitrogens with zero attached hydrogens (tertiary/aromatic N) is 3. The Morgan fingerprint density at radius 3 is 2.32 bits per heavy atom. The molecule has 196 valence electrons. The van der Waals surface area contributed by atoms with Gasteiger partial charge in [0.2, 0.25) is 10.0 Å². The van der Waals surface area contributed by atoms with Crippen LogP contribution in [0.5, 0.6) is 0 Å². The Balaban J connectivity index is 1.69. The number of amides is 1. The molecule has 3 aromatic rings. The highest BCUT2D eigenvalue weighted by Gasteiger charge is 2.26. The predicted octanol–water partition coefficient (Wildman–Crippen LogP) is 2.97. The maximum atomic E-state index is 13.0. The number of methoxy groups -OCH3 is 1. The first-order chi connectivity index (χ1) is 17.7. The molecule has 0 saturated carbocycles. The van der Waals surface area contributed by atoms with Gasteiger partial charge in [-0.05, 0) is 62.2 Å². The molecule has 1 aromatic heterocycles. The van der Waals surface area contributed by atoms with E-state index in [4.69, 9.17) is 9.47 Å². The molecule has 1 aliphatic rings. The van der Waals surface area contributed by atoms with Crippen LogP contribution in [0.25, 0.3) is 10.2 Å². The van der Waals surface area contributed by atoms with Gasteiger partial charge in [-0.2, -0.15) is 9.30 Å². The Morgan fingerprint density at radius 2 is 1.68 bits per heavy atom. The van der Waals surface area contributed by atoms with Crippen molar-refractivity contribution in [3.8, 4) is 0 Å². The van der Waals surface area contributed by atoms with Gasteiger partial charge in [0.05, 0.1) is 34.4 Å². The van der Waals surface area contributed by atoms with E-state index in [0.29, 0.717) is 28.9 Å². The number of carbonyl (C=O) groups is 3. The van der Waals surface area contributed by atoms with Gasteiger partial charge in [0.1, 0.15) is 6.54 Å². The van der Waals surface area contributed by atoms with Crippen LogP contribution in [0.4, 0.5) is 0 Å². The first-order valence-electron chi connectivity index (χ1n) is 11.8. The number of hydrogen-bond acceptors (Lipinski definition) is 8. The van der Waals surface area contributed by atoms with Gasteiger partial charge in [-0.25, -0.2) is 13.2 Å². The molecule has 0 N–H and O–H groups in total. The van der Waals surface area contributed by atoms with E-state index in [1.807, 2.05) is 0 Å². The van der Waals surface area contributed by atoms with Gasteiger partial charge in [0.25, 0.3) is 5.91 Å². The lowest BCUT2D eigenvalue weighted by atomic mass is 10.2. The summed E-state index contributed by atoms with van der Waals surface area (Å²) in [4.78, 5) is 41.8. The summed E-state index contributed by atoms with van der Waals surface area (Å²) in [6.07, 6.45) is 2.67. The Bertz CT molecular complexity index is 1500. The molecule has 1 saturated heterocycles. The lowest BCUT2D eigenvalue weighted by Crippen LogP contribution is -2.35. The molecule has 10 nitrogen and oxygen atoms in total. The van der Waals surface area contributed by atoms with Gasteiger partial charge in [0.15, 0.2) is 4.80 Å². The lowest BCUT2D eigenvalue weighted by Gasteiger charge is -2.25. The molecule has 0 spiro atoms. The number of carbonyl (C=O) groups excluding carboxylic acids is 3. The molecule has 0 radical (unpaired) electrons. The highest BCUT2D eigenvalue weighted by molar-refractivity contribution is 7.89. The molecule has 0 atom stereocenters. The number of rotatable bonds is 7. The summed E-state index contributed by atoms with van der Waals surface area (Å²) in [7, 11) is -2.34. The number of piperidine rings is 1. The molecule has 12 heteroatoms. The minimum atomic E-state index is -3.62. The number of hydrogen-bond donors (Lipinski definition) is 0. The van der Waals surface area contributed by atoms with Crippen molar-refractivity contribution in [3.63, 3.8) is 0 Å². The van der Waals surface area contributed by atoms with Gasteiger partial charge in [0, 0.05) is 18.7 Å². The number of fused-ring (bicyclic) bond motifs is 1. The van der Waals surface area contributed by atoms with Crippen molar-refractivity contribution in [3.05, 3.63) is 58.4 Å². The van der Waals surface area contributed by atoms with Crippen molar-refractivity contribution >= 4 is 49.4 Å². The summed E-state index contributed by atoms with van der Waals surface area (Å²) in [5, 5.41) is 0.